The summed E-state index contributed by atoms with van der Waals surface area (Å²) in [6, 6.07) is 18.4. The average molecular weight is 546 g/mol. The Hall–Kier alpha value is -2.90. The third kappa shape index (κ3) is 6.21. The van der Waals surface area contributed by atoms with E-state index < -0.39 is 0 Å². The van der Waals surface area contributed by atoms with Crippen LogP contribution in [0.15, 0.2) is 65.7 Å². The lowest BCUT2D eigenvalue weighted by Gasteiger charge is -2.29. The predicted molar refractivity (Wildman–Crippen MR) is 161 cm³/mol. The van der Waals surface area contributed by atoms with Crippen molar-refractivity contribution in [2.75, 3.05) is 6.61 Å². The number of rotatable bonds is 10. The van der Waals surface area contributed by atoms with Crippen LogP contribution in [0, 0.1) is 0 Å². The molecule has 2 aliphatic rings. The van der Waals surface area contributed by atoms with Gasteiger partial charge in [-0.15, -0.1) is 0 Å². The number of ether oxygens (including phenoxy) is 1. The molecule has 2 aromatic carbocycles. The third-order valence-electron chi connectivity index (χ3n) is 7.21. The van der Waals surface area contributed by atoms with Crippen molar-refractivity contribution in [2.24, 2.45) is 0 Å². The number of unbranched alkanes of at least 4 members (excludes halogenated alkanes) is 3. The standard InChI is InChI=1S/C31H35N3O2S2/c1-2-3-4-11-20-36-27-18-16-23(17-19-27)29-24(22-33(32-29)25-12-7-5-8-13-25)21-28-30(35)34(31(37)38-28)26-14-9-6-10-15-26/h5,7-8,12-13,16-19,21-22,26H,2-4,6,9-11,14-15,20H2,1H3/b28-21+. The van der Waals surface area contributed by atoms with Gasteiger partial charge in [-0.1, -0.05) is 87.6 Å². The quantitative estimate of drug-likeness (QED) is 0.147. The van der Waals surface area contributed by atoms with Gasteiger partial charge in [0.2, 0.25) is 0 Å². The minimum atomic E-state index is 0.0251. The van der Waals surface area contributed by atoms with Gasteiger partial charge in [0.15, 0.2) is 0 Å². The van der Waals surface area contributed by atoms with E-state index in [1.54, 1.807) is 0 Å². The van der Waals surface area contributed by atoms with Crippen molar-refractivity contribution in [1.29, 1.82) is 0 Å². The fourth-order valence-corrected chi connectivity index (χ4v) is 6.52. The fourth-order valence-electron chi connectivity index (χ4n) is 5.13. The number of nitrogens with zero attached hydrogens (tertiary/aromatic N) is 3. The number of hydrogen-bond donors (Lipinski definition) is 0. The van der Waals surface area contributed by atoms with Gasteiger partial charge in [-0.3, -0.25) is 9.69 Å². The van der Waals surface area contributed by atoms with Crippen molar-refractivity contribution in [1.82, 2.24) is 14.7 Å². The van der Waals surface area contributed by atoms with Gasteiger partial charge in [-0.05, 0) is 61.7 Å². The molecule has 0 radical (unpaired) electrons. The molecule has 1 amide bonds. The first-order valence-corrected chi connectivity index (χ1v) is 15.0. The number of thiocarbonyl (C=S) groups is 1. The summed E-state index contributed by atoms with van der Waals surface area (Å²) in [7, 11) is 0. The zero-order chi connectivity index (χ0) is 26.3. The van der Waals surface area contributed by atoms with Crippen LogP contribution in [0.3, 0.4) is 0 Å². The van der Waals surface area contributed by atoms with Crippen molar-refractivity contribution in [3.8, 4) is 22.7 Å². The van der Waals surface area contributed by atoms with E-state index in [2.05, 4.69) is 6.92 Å². The second-order valence-corrected chi connectivity index (χ2v) is 11.7. The number of thioether (sulfide) groups is 1. The second kappa shape index (κ2) is 12.8. The number of amides is 1. The van der Waals surface area contributed by atoms with Crippen molar-refractivity contribution in [3.63, 3.8) is 0 Å². The smallest absolute Gasteiger partial charge is 0.266 e. The molecule has 0 N–H and O–H groups in total. The zero-order valence-electron chi connectivity index (χ0n) is 22.0. The van der Waals surface area contributed by atoms with E-state index in [0.717, 1.165) is 67.0 Å². The summed E-state index contributed by atoms with van der Waals surface area (Å²) in [5.41, 5.74) is 3.67. The van der Waals surface area contributed by atoms with E-state index in [1.165, 1.54) is 37.4 Å². The Labute approximate surface area is 235 Å². The predicted octanol–water partition coefficient (Wildman–Crippen LogP) is 8.03. The summed E-state index contributed by atoms with van der Waals surface area (Å²) in [6.45, 7) is 2.95. The maximum atomic E-state index is 13.5. The second-order valence-electron chi connectivity index (χ2n) is 9.99. The highest BCUT2D eigenvalue weighted by atomic mass is 32.2. The molecule has 2 heterocycles. The lowest BCUT2D eigenvalue weighted by molar-refractivity contribution is -0.124. The monoisotopic (exact) mass is 545 g/mol. The lowest BCUT2D eigenvalue weighted by atomic mass is 9.94. The van der Waals surface area contributed by atoms with Crippen LogP contribution in [0.5, 0.6) is 5.75 Å². The highest BCUT2D eigenvalue weighted by Gasteiger charge is 2.37. The molecule has 0 unspecified atom stereocenters. The van der Waals surface area contributed by atoms with Gasteiger partial charge in [-0.25, -0.2) is 4.68 Å². The minimum absolute atomic E-state index is 0.0251. The first-order chi connectivity index (χ1) is 18.6. The molecular weight excluding hydrogens is 510 g/mol. The summed E-state index contributed by atoms with van der Waals surface area (Å²) in [5.74, 6) is 0.889. The van der Waals surface area contributed by atoms with Crippen LogP contribution < -0.4 is 4.74 Å². The van der Waals surface area contributed by atoms with Crippen molar-refractivity contribution in [3.05, 3.63) is 71.3 Å². The summed E-state index contributed by atoms with van der Waals surface area (Å²) in [6.07, 6.45) is 14.3. The van der Waals surface area contributed by atoms with Crippen LogP contribution >= 0.6 is 24.0 Å². The highest BCUT2D eigenvalue weighted by Crippen LogP contribution is 2.38. The van der Waals surface area contributed by atoms with Crippen molar-refractivity contribution < 1.29 is 9.53 Å². The molecule has 5 rings (SSSR count). The van der Waals surface area contributed by atoms with Gasteiger partial charge >= 0.3 is 0 Å². The van der Waals surface area contributed by atoms with E-state index in [1.807, 2.05) is 76.5 Å². The molecule has 1 aromatic heterocycles. The van der Waals surface area contributed by atoms with Gasteiger partial charge in [0.05, 0.1) is 22.9 Å². The van der Waals surface area contributed by atoms with Gasteiger partial charge in [0.25, 0.3) is 5.91 Å². The molecule has 0 spiro atoms. The topological polar surface area (TPSA) is 47.4 Å². The van der Waals surface area contributed by atoms with E-state index in [-0.39, 0.29) is 11.9 Å². The third-order valence-corrected chi connectivity index (χ3v) is 8.54. The Balaban J connectivity index is 1.41. The molecule has 1 aliphatic carbocycles. The molecule has 1 saturated carbocycles. The van der Waals surface area contributed by atoms with E-state index in [0.29, 0.717) is 9.23 Å². The molecule has 5 nitrogen and oxygen atoms in total. The van der Waals surface area contributed by atoms with Crippen LogP contribution in [-0.2, 0) is 4.79 Å². The molecule has 1 aliphatic heterocycles. The van der Waals surface area contributed by atoms with Crippen LogP contribution in [0.25, 0.3) is 23.0 Å². The Morgan fingerprint density at radius 2 is 1.79 bits per heavy atom. The summed E-state index contributed by atoms with van der Waals surface area (Å²) >= 11 is 7.07. The van der Waals surface area contributed by atoms with E-state index >= 15 is 0 Å². The molecule has 2 fully saturated rings. The number of carbonyl (C=O) groups is 1. The summed E-state index contributed by atoms with van der Waals surface area (Å²) in [4.78, 5) is 16.0. The minimum Gasteiger partial charge on any atom is -0.494 e. The van der Waals surface area contributed by atoms with Gasteiger partial charge in [0, 0.05) is 23.4 Å². The fraction of sp³-hybridized carbons (Fsp3) is 0.387. The van der Waals surface area contributed by atoms with Gasteiger partial charge < -0.3 is 4.74 Å². The van der Waals surface area contributed by atoms with Gasteiger partial charge in [-0.2, -0.15) is 5.10 Å². The maximum absolute atomic E-state index is 13.5. The SMILES string of the molecule is CCCCCCOc1ccc(-c2nn(-c3ccccc3)cc2/C=C2/SC(=S)N(C3CCCCC3)C2=O)cc1. The number of para-hydroxylation sites is 1. The Bertz CT molecular complexity index is 1280. The Morgan fingerprint density at radius 3 is 2.53 bits per heavy atom. The normalized spacial score (nSPS) is 17.5. The first-order valence-electron chi connectivity index (χ1n) is 13.8. The van der Waals surface area contributed by atoms with Crippen LogP contribution in [0.1, 0.15) is 70.3 Å². The molecule has 3 aromatic rings. The number of hydrogen-bond acceptors (Lipinski definition) is 5. The molecular formula is C31H35N3O2S2. The maximum Gasteiger partial charge on any atom is 0.266 e. The van der Waals surface area contributed by atoms with Crippen molar-refractivity contribution in [2.45, 2.75) is 70.8 Å². The summed E-state index contributed by atoms with van der Waals surface area (Å²) < 4.78 is 8.49. The van der Waals surface area contributed by atoms with E-state index in [4.69, 9.17) is 22.1 Å². The molecule has 0 atom stereocenters. The van der Waals surface area contributed by atoms with Crippen LogP contribution in [-0.4, -0.2) is 37.6 Å². The molecule has 0 bridgehead atoms. The van der Waals surface area contributed by atoms with Crippen molar-refractivity contribution >= 4 is 40.3 Å². The highest BCUT2D eigenvalue weighted by molar-refractivity contribution is 8.26. The van der Waals surface area contributed by atoms with Gasteiger partial charge in [0.1, 0.15) is 10.1 Å². The molecule has 7 heteroatoms. The Kier molecular flexibility index (Phi) is 8.97. The molecule has 38 heavy (non-hydrogen) atoms. The Morgan fingerprint density at radius 1 is 1.03 bits per heavy atom. The zero-order valence-corrected chi connectivity index (χ0v) is 23.6. The largest absolute Gasteiger partial charge is 0.494 e. The molecule has 1 saturated heterocycles. The molecule has 198 valence electrons. The number of carbonyl (C=O) groups excluding carboxylic acids is 1. The van der Waals surface area contributed by atoms with Crippen LogP contribution in [0.4, 0.5) is 0 Å². The lowest BCUT2D eigenvalue weighted by Crippen LogP contribution is -2.39. The number of benzene rings is 2. The first kappa shape index (κ1) is 26.7. The summed E-state index contributed by atoms with van der Waals surface area (Å²) in [5, 5.41) is 4.94. The van der Waals surface area contributed by atoms with Crippen LogP contribution in [0.2, 0.25) is 0 Å². The number of aromatic nitrogens is 2. The van der Waals surface area contributed by atoms with E-state index in [9.17, 15) is 4.79 Å². The average Bonchev–Trinajstić information content (AvgIpc) is 3.50.